The van der Waals surface area contributed by atoms with Gasteiger partial charge in [-0.25, -0.2) is 0 Å². The van der Waals surface area contributed by atoms with E-state index in [4.69, 9.17) is 4.74 Å². The van der Waals surface area contributed by atoms with E-state index in [1.165, 1.54) is 12.1 Å². The first-order valence-corrected chi connectivity index (χ1v) is 5.28. The van der Waals surface area contributed by atoms with Gasteiger partial charge in [0.15, 0.2) is 0 Å². The second-order valence-electron chi connectivity index (χ2n) is 3.82. The zero-order valence-corrected chi connectivity index (χ0v) is 9.58. The third-order valence-electron chi connectivity index (χ3n) is 2.41. The molecule has 0 spiro atoms. The number of aryl methyl sites for hydroxylation is 1. The number of hydrogen-bond donors (Lipinski definition) is 0. The van der Waals surface area contributed by atoms with Gasteiger partial charge in [-0.15, -0.1) is 0 Å². The van der Waals surface area contributed by atoms with Gasteiger partial charge in [-0.2, -0.15) is 13.2 Å². The summed E-state index contributed by atoms with van der Waals surface area (Å²) in [6.45, 7) is 1.81. The van der Waals surface area contributed by atoms with Crippen molar-refractivity contribution in [2.24, 2.45) is 0 Å². The molecule has 0 bridgehead atoms. The van der Waals surface area contributed by atoms with E-state index < -0.39 is 11.7 Å². The summed E-state index contributed by atoms with van der Waals surface area (Å²) in [5, 5.41) is 0. The van der Waals surface area contributed by atoms with Crippen LogP contribution in [0.3, 0.4) is 0 Å². The normalized spacial score (nSPS) is 11.3. The van der Waals surface area contributed by atoms with Crippen LogP contribution in [0.4, 0.5) is 13.2 Å². The molecule has 4 heteroatoms. The molecular weight excluding hydrogens is 241 g/mol. The van der Waals surface area contributed by atoms with Crippen molar-refractivity contribution in [2.45, 2.75) is 13.1 Å². The van der Waals surface area contributed by atoms with Crippen LogP contribution in [0.1, 0.15) is 11.1 Å². The summed E-state index contributed by atoms with van der Waals surface area (Å²) >= 11 is 0. The Kier molecular flexibility index (Phi) is 3.28. The van der Waals surface area contributed by atoms with Crippen LogP contribution in [0.15, 0.2) is 42.5 Å². The lowest BCUT2D eigenvalue weighted by atomic mass is 10.2. The number of ether oxygens (including phenoxy) is 1. The van der Waals surface area contributed by atoms with Crippen molar-refractivity contribution in [1.82, 2.24) is 0 Å². The number of rotatable bonds is 2. The third kappa shape index (κ3) is 2.83. The average Bonchev–Trinajstić information content (AvgIpc) is 2.31. The topological polar surface area (TPSA) is 9.23 Å². The molecule has 0 aliphatic heterocycles. The highest BCUT2D eigenvalue weighted by Crippen LogP contribution is 2.33. The first-order valence-electron chi connectivity index (χ1n) is 5.28. The maximum Gasteiger partial charge on any atom is 0.416 e. The fourth-order valence-electron chi connectivity index (χ4n) is 1.48. The summed E-state index contributed by atoms with van der Waals surface area (Å²) in [4.78, 5) is 0. The van der Waals surface area contributed by atoms with Gasteiger partial charge in [0.25, 0.3) is 0 Å². The molecule has 0 N–H and O–H groups in total. The van der Waals surface area contributed by atoms with Crippen LogP contribution in [0.5, 0.6) is 11.5 Å². The van der Waals surface area contributed by atoms with Gasteiger partial charge in [-0.1, -0.05) is 12.1 Å². The van der Waals surface area contributed by atoms with E-state index in [0.717, 1.165) is 17.7 Å². The quantitative estimate of drug-likeness (QED) is 0.757. The molecule has 0 aliphatic carbocycles. The van der Waals surface area contributed by atoms with Crippen LogP contribution in [-0.4, -0.2) is 0 Å². The van der Waals surface area contributed by atoms with Crippen LogP contribution in [0, 0.1) is 13.0 Å². The first kappa shape index (κ1) is 12.5. The molecule has 0 atom stereocenters. The van der Waals surface area contributed by atoms with E-state index >= 15 is 0 Å². The predicted molar refractivity (Wildman–Crippen MR) is 61.5 cm³/mol. The molecule has 1 nitrogen and oxygen atoms in total. The summed E-state index contributed by atoms with van der Waals surface area (Å²) in [6, 6.07) is 12.7. The Balaban J connectivity index is 2.28. The molecule has 2 aromatic rings. The maximum absolute atomic E-state index is 12.5. The lowest BCUT2D eigenvalue weighted by Crippen LogP contribution is -2.04. The summed E-state index contributed by atoms with van der Waals surface area (Å²) in [5.74, 6) is 0.687. The minimum atomic E-state index is -4.36. The zero-order chi connectivity index (χ0) is 13.2. The number of halogens is 3. The second kappa shape index (κ2) is 4.72. The van der Waals surface area contributed by atoms with E-state index in [1.807, 2.05) is 0 Å². The highest BCUT2D eigenvalue weighted by Gasteiger charge is 2.30. The van der Waals surface area contributed by atoms with Crippen molar-refractivity contribution in [3.8, 4) is 11.5 Å². The largest absolute Gasteiger partial charge is 0.457 e. The molecule has 0 amide bonds. The van der Waals surface area contributed by atoms with Crippen molar-refractivity contribution in [1.29, 1.82) is 0 Å². The maximum atomic E-state index is 12.5. The monoisotopic (exact) mass is 251 g/mol. The van der Waals surface area contributed by atoms with Gasteiger partial charge in [0.1, 0.15) is 11.5 Å². The van der Waals surface area contributed by atoms with Gasteiger partial charge in [0.05, 0.1) is 5.56 Å². The molecule has 0 aromatic heterocycles. The first-order chi connectivity index (χ1) is 8.47. The van der Waals surface area contributed by atoms with E-state index in [9.17, 15) is 13.2 Å². The Labute approximate surface area is 103 Å². The van der Waals surface area contributed by atoms with E-state index in [1.54, 1.807) is 25.1 Å². The van der Waals surface area contributed by atoms with E-state index in [2.05, 4.69) is 6.07 Å². The SMILES string of the molecule is Cc1c[c]ccc1Oc1cccc(C(F)(F)F)c1. The molecule has 0 fully saturated rings. The van der Waals surface area contributed by atoms with Crippen LogP contribution in [-0.2, 0) is 6.18 Å². The zero-order valence-electron chi connectivity index (χ0n) is 9.58. The van der Waals surface area contributed by atoms with Gasteiger partial charge in [-0.3, -0.25) is 0 Å². The van der Waals surface area contributed by atoms with Crippen molar-refractivity contribution >= 4 is 0 Å². The second-order valence-corrected chi connectivity index (χ2v) is 3.82. The van der Waals surface area contributed by atoms with Crippen LogP contribution in [0.25, 0.3) is 0 Å². The molecule has 0 unspecified atom stereocenters. The third-order valence-corrected chi connectivity index (χ3v) is 2.41. The minimum absolute atomic E-state index is 0.166. The Hall–Kier alpha value is -1.97. The summed E-state index contributed by atoms with van der Waals surface area (Å²) in [7, 11) is 0. The van der Waals surface area contributed by atoms with Crippen molar-refractivity contribution in [3.05, 3.63) is 59.7 Å². The molecule has 0 saturated carbocycles. The molecule has 1 radical (unpaired) electrons. The van der Waals surface area contributed by atoms with Crippen LogP contribution in [0.2, 0.25) is 0 Å². The van der Waals surface area contributed by atoms with Crippen molar-refractivity contribution in [2.75, 3.05) is 0 Å². The summed E-state index contributed by atoms with van der Waals surface area (Å²) in [6.07, 6.45) is -4.36. The lowest BCUT2D eigenvalue weighted by Gasteiger charge is -2.11. The van der Waals surface area contributed by atoms with Gasteiger partial charge in [-0.05, 0) is 48.9 Å². The fraction of sp³-hybridized carbons (Fsp3) is 0.143. The lowest BCUT2D eigenvalue weighted by molar-refractivity contribution is -0.137. The van der Waals surface area contributed by atoms with Crippen molar-refractivity contribution in [3.63, 3.8) is 0 Å². The molecule has 2 aromatic carbocycles. The number of benzene rings is 2. The molecule has 0 aliphatic rings. The highest BCUT2D eigenvalue weighted by molar-refractivity contribution is 5.38. The Morgan fingerprint density at radius 3 is 2.61 bits per heavy atom. The standard InChI is InChI=1S/C14H10F3O/c1-10-5-2-3-8-13(10)18-12-7-4-6-11(9-12)14(15,16)17/h3-9H,1H3. The van der Waals surface area contributed by atoms with Gasteiger partial charge in [0, 0.05) is 0 Å². The van der Waals surface area contributed by atoms with E-state index in [-0.39, 0.29) is 5.75 Å². The minimum Gasteiger partial charge on any atom is -0.457 e. The number of alkyl halides is 3. The fourth-order valence-corrected chi connectivity index (χ4v) is 1.48. The van der Waals surface area contributed by atoms with Crippen molar-refractivity contribution < 1.29 is 17.9 Å². The highest BCUT2D eigenvalue weighted by atomic mass is 19.4. The predicted octanol–water partition coefficient (Wildman–Crippen LogP) is 4.61. The van der Waals surface area contributed by atoms with Gasteiger partial charge >= 0.3 is 6.18 Å². The average molecular weight is 251 g/mol. The molecule has 93 valence electrons. The van der Waals surface area contributed by atoms with E-state index in [0.29, 0.717) is 5.75 Å². The Bertz CT molecular complexity index is 547. The summed E-state index contributed by atoms with van der Waals surface area (Å²) < 4.78 is 43.0. The smallest absolute Gasteiger partial charge is 0.416 e. The Morgan fingerprint density at radius 1 is 1.17 bits per heavy atom. The molecule has 0 heterocycles. The molecular formula is C14H10F3O. The van der Waals surface area contributed by atoms with Gasteiger partial charge < -0.3 is 4.74 Å². The van der Waals surface area contributed by atoms with Gasteiger partial charge in [0.2, 0.25) is 0 Å². The molecule has 18 heavy (non-hydrogen) atoms. The molecule has 0 saturated heterocycles. The van der Waals surface area contributed by atoms with Crippen LogP contribution >= 0.6 is 0 Å². The molecule has 2 rings (SSSR count). The Morgan fingerprint density at radius 2 is 1.94 bits per heavy atom. The van der Waals surface area contributed by atoms with Crippen LogP contribution < -0.4 is 4.74 Å². The number of hydrogen-bond acceptors (Lipinski definition) is 1. The summed E-state index contributed by atoms with van der Waals surface area (Å²) in [5.41, 5.74) is 0.0926.